The van der Waals surface area contributed by atoms with Crippen LogP contribution in [0.3, 0.4) is 0 Å². The fraction of sp³-hybridized carbons (Fsp3) is 0.231. The molecule has 1 heterocycles. The average Bonchev–Trinajstić information content (AvgIpc) is 2.89. The van der Waals surface area contributed by atoms with Gasteiger partial charge in [-0.2, -0.15) is 0 Å². The van der Waals surface area contributed by atoms with Crippen LogP contribution in [0.4, 0.5) is 15.8 Å². The number of halogens is 1. The molecule has 4 rings (SSSR count). The Morgan fingerprint density at radius 2 is 1.49 bits per heavy atom. The Kier molecular flexibility index (Phi) is 7.45. The molecule has 3 aromatic rings. The summed E-state index contributed by atoms with van der Waals surface area (Å²) in [4.78, 5) is 27.8. The number of carbonyl (C=O) groups is 2. The number of rotatable bonds is 7. The summed E-state index contributed by atoms with van der Waals surface area (Å²) >= 11 is 0. The third-order valence-electron chi connectivity index (χ3n) is 5.81. The lowest BCUT2D eigenvalue weighted by atomic mass is 10.1. The van der Waals surface area contributed by atoms with Crippen LogP contribution in [-0.4, -0.2) is 44.8 Å². The Morgan fingerprint density at radius 1 is 0.857 bits per heavy atom. The van der Waals surface area contributed by atoms with Gasteiger partial charge >= 0.3 is 0 Å². The van der Waals surface area contributed by atoms with Crippen LogP contribution in [0.15, 0.2) is 83.8 Å². The van der Waals surface area contributed by atoms with Crippen LogP contribution in [0.2, 0.25) is 0 Å². The monoisotopic (exact) mass is 495 g/mol. The molecule has 3 aromatic carbocycles. The molecular weight excluding hydrogens is 469 g/mol. The van der Waals surface area contributed by atoms with E-state index in [1.54, 1.807) is 47.4 Å². The molecule has 35 heavy (non-hydrogen) atoms. The van der Waals surface area contributed by atoms with Gasteiger partial charge in [-0.1, -0.05) is 42.5 Å². The molecule has 1 saturated heterocycles. The standard InChI is InChI=1S/C26H26FN3O4S/c27-22-14-6-8-16-24(22)30(35(33,34)20-11-3-1-4-12-20)19-25(31)28-23-15-7-5-13-21(23)26(32)29-17-9-2-10-18-29/h1,3-8,11-16H,2,9-10,17-19H2,(H,28,31). The van der Waals surface area contributed by atoms with Gasteiger partial charge in [0.05, 0.1) is 21.8 Å². The molecule has 1 aliphatic heterocycles. The van der Waals surface area contributed by atoms with Crippen molar-refractivity contribution in [1.82, 2.24) is 4.90 Å². The predicted molar refractivity (Wildman–Crippen MR) is 132 cm³/mol. The molecular formula is C26H26FN3O4S. The molecule has 0 saturated carbocycles. The van der Waals surface area contributed by atoms with Gasteiger partial charge in [0.2, 0.25) is 5.91 Å². The summed E-state index contributed by atoms with van der Waals surface area (Å²) in [6.45, 7) is 0.624. The number of piperidine rings is 1. The number of anilines is 2. The third-order valence-corrected chi connectivity index (χ3v) is 7.59. The van der Waals surface area contributed by atoms with Gasteiger partial charge in [-0.15, -0.1) is 0 Å². The Bertz CT molecular complexity index is 1310. The quantitative estimate of drug-likeness (QED) is 0.530. The fourth-order valence-corrected chi connectivity index (χ4v) is 5.49. The number of nitrogens with zero attached hydrogens (tertiary/aromatic N) is 2. The van der Waals surface area contributed by atoms with Gasteiger partial charge in [-0.3, -0.25) is 13.9 Å². The minimum Gasteiger partial charge on any atom is -0.339 e. The summed E-state index contributed by atoms with van der Waals surface area (Å²) in [6.07, 6.45) is 2.92. The first-order chi connectivity index (χ1) is 16.9. The zero-order valence-corrected chi connectivity index (χ0v) is 19.9. The lowest BCUT2D eigenvalue weighted by Crippen LogP contribution is -2.39. The van der Waals surface area contributed by atoms with Crippen molar-refractivity contribution >= 4 is 33.2 Å². The van der Waals surface area contributed by atoms with Crippen LogP contribution in [-0.2, 0) is 14.8 Å². The Balaban J connectivity index is 1.62. The van der Waals surface area contributed by atoms with Crippen LogP contribution in [0.5, 0.6) is 0 Å². The van der Waals surface area contributed by atoms with Crippen molar-refractivity contribution in [3.63, 3.8) is 0 Å². The van der Waals surface area contributed by atoms with Crippen LogP contribution in [0.25, 0.3) is 0 Å². The van der Waals surface area contributed by atoms with E-state index in [9.17, 15) is 22.4 Å². The maximum absolute atomic E-state index is 14.7. The van der Waals surface area contributed by atoms with E-state index in [-0.39, 0.29) is 22.2 Å². The van der Waals surface area contributed by atoms with Crippen LogP contribution in [0.1, 0.15) is 29.6 Å². The molecule has 0 unspecified atom stereocenters. The molecule has 182 valence electrons. The van der Waals surface area contributed by atoms with Crippen LogP contribution >= 0.6 is 0 Å². The number of hydrogen-bond acceptors (Lipinski definition) is 4. The summed E-state index contributed by atoms with van der Waals surface area (Å²) in [6, 6.07) is 19.5. The number of para-hydroxylation sites is 2. The first-order valence-electron chi connectivity index (χ1n) is 11.4. The summed E-state index contributed by atoms with van der Waals surface area (Å²) in [5.74, 6) is -1.67. The Labute approximate surface area is 204 Å². The van der Waals surface area contributed by atoms with Gasteiger partial charge in [-0.05, 0) is 55.7 Å². The normalized spacial score (nSPS) is 13.8. The third kappa shape index (κ3) is 5.51. The number of sulfonamides is 1. The van der Waals surface area contributed by atoms with E-state index in [0.717, 1.165) is 29.6 Å². The van der Waals surface area contributed by atoms with E-state index in [1.807, 2.05) is 0 Å². The highest BCUT2D eigenvalue weighted by Gasteiger charge is 2.29. The zero-order chi connectivity index (χ0) is 24.8. The van der Waals surface area contributed by atoms with Gasteiger partial charge in [0, 0.05) is 13.1 Å². The van der Waals surface area contributed by atoms with Crippen molar-refractivity contribution in [2.45, 2.75) is 24.2 Å². The Hall–Kier alpha value is -3.72. The summed E-state index contributed by atoms with van der Waals surface area (Å²) in [5, 5.41) is 2.66. The maximum atomic E-state index is 14.7. The first kappa shape index (κ1) is 24.4. The van der Waals surface area contributed by atoms with Gasteiger partial charge in [0.25, 0.3) is 15.9 Å². The van der Waals surface area contributed by atoms with Crippen molar-refractivity contribution in [3.8, 4) is 0 Å². The summed E-state index contributed by atoms with van der Waals surface area (Å²) < 4.78 is 42.1. The molecule has 7 nitrogen and oxygen atoms in total. The average molecular weight is 496 g/mol. The molecule has 9 heteroatoms. The van der Waals surface area contributed by atoms with E-state index in [1.165, 1.54) is 30.3 Å². The molecule has 0 spiro atoms. The smallest absolute Gasteiger partial charge is 0.264 e. The maximum Gasteiger partial charge on any atom is 0.264 e. The molecule has 0 aromatic heterocycles. The van der Waals surface area contributed by atoms with E-state index in [0.29, 0.717) is 18.7 Å². The second-order valence-corrected chi connectivity index (χ2v) is 10.1. The predicted octanol–water partition coefficient (Wildman–Crippen LogP) is 4.29. The van der Waals surface area contributed by atoms with Crippen molar-refractivity contribution < 1.29 is 22.4 Å². The number of likely N-dealkylation sites (tertiary alicyclic amines) is 1. The van der Waals surface area contributed by atoms with Crippen LogP contribution < -0.4 is 9.62 Å². The lowest BCUT2D eigenvalue weighted by molar-refractivity contribution is -0.114. The largest absolute Gasteiger partial charge is 0.339 e. The number of amides is 2. The van der Waals surface area contributed by atoms with Gasteiger partial charge in [0.15, 0.2) is 0 Å². The zero-order valence-electron chi connectivity index (χ0n) is 19.1. The number of hydrogen-bond donors (Lipinski definition) is 1. The molecule has 0 radical (unpaired) electrons. The number of nitrogens with one attached hydrogen (secondary N) is 1. The number of benzene rings is 3. The molecule has 2 amide bonds. The van der Waals surface area contributed by atoms with Crippen molar-refractivity contribution in [3.05, 3.63) is 90.2 Å². The van der Waals surface area contributed by atoms with E-state index < -0.39 is 28.3 Å². The highest BCUT2D eigenvalue weighted by atomic mass is 32.2. The topological polar surface area (TPSA) is 86.8 Å². The SMILES string of the molecule is O=C(CN(c1ccccc1F)S(=O)(=O)c1ccccc1)Nc1ccccc1C(=O)N1CCCCC1. The van der Waals surface area contributed by atoms with E-state index in [2.05, 4.69) is 5.32 Å². The highest BCUT2D eigenvalue weighted by molar-refractivity contribution is 7.92. The lowest BCUT2D eigenvalue weighted by Gasteiger charge is -2.28. The number of carbonyl (C=O) groups excluding carboxylic acids is 2. The van der Waals surface area contributed by atoms with E-state index in [4.69, 9.17) is 0 Å². The summed E-state index contributed by atoms with van der Waals surface area (Å²) in [5.41, 5.74) is 0.356. The Morgan fingerprint density at radius 3 is 2.20 bits per heavy atom. The second-order valence-electron chi connectivity index (χ2n) is 8.22. The molecule has 1 aliphatic rings. The minimum atomic E-state index is -4.25. The molecule has 0 atom stereocenters. The first-order valence-corrected chi connectivity index (χ1v) is 12.8. The van der Waals surface area contributed by atoms with Crippen molar-refractivity contribution in [2.24, 2.45) is 0 Å². The minimum absolute atomic E-state index is 0.0725. The fourth-order valence-electron chi connectivity index (χ4n) is 4.04. The van der Waals surface area contributed by atoms with E-state index >= 15 is 0 Å². The molecule has 0 aliphatic carbocycles. The van der Waals surface area contributed by atoms with Crippen molar-refractivity contribution in [2.75, 3.05) is 29.3 Å². The van der Waals surface area contributed by atoms with Gasteiger partial charge in [0.1, 0.15) is 12.4 Å². The molecule has 1 fully saturated rings. The van der Waals surface area contributed by atoms with Gasteiger partial charge in [-0.25, -0.2) is 12.8 Å². The summed E-state index contributed by atoms with van der Waals surface area (Å²) in [7, 11) is -4.25. The van der Waals surface area contributed by atoms with Crippen LogP contribution in [0, 0.1) is 5.82 Å². The van der Waals surface area contributed by atoms with Crippen molar-refractivity contribution in [1.29, 1.82) is 0 Å². The molecule has 0 bridgehead atoms. The molecule has 1 N–H and O–H groups in total. The second kappa shape index (κ2) is 10.7. The van der Waals surface area contributed by atoms with Gasteiger partial charge < -0.3 is 10.2 Å². The highest BCUT2D eigenvalue weighted by Crippen LogP contribution is 2.27.